The molecule has 0 radical (unpaired) electrons. The standard InChI is InChI=1S/C17H30N4/c1-5-7-15-16(18-9-6-2)19-12-20-17(15)21-10-8-13(3)11-14(21)4/h12-14H,5-11H2,1-4H3,(H,18,19,20). The quantitative estimate of drug-likeness (QED) is 0.863. The monoisotopic (exact) mass is 290 g/mol. The Morgan fingerprint density at radius 2 is 2.05 bits per heavy atom. The van der Waals surface area contributed by atoms with Gasteiger partial charge in [-0.05, 0) is 38.5 Å². The lowest BCUT2D eigenvalue weighted by molar-refractivity contribution is 0.375. The summed E-state index contributed by atoms with van der Waals surface area (Å²) < 4.78 is 0. The number of hydrogen-bond acceptors (Lipinski definition) is 4. The molecule has 0 saturated carbocycles. The Kier molecular flexibility index (Phi) is 5.83. The summed E-state index contributed by atoms with van der Waals surface area (Å²) in [4.78, 5) is 11.6. The molecule has 1 fully saturated rings. The van der Waals surface area contributed by atoms with E-state index in [1.165, 1.54) is 18.4 Å². The Bertz CT molecular complexity index is 446. The largest absolute Gasteiger partial charge is 0.370 e. The third-order valence-electron chi connectivity index (χ3n) is 4.38. The molecule has 1 saturated heterocycles. The van der Waals surface area contributed by atoms with Crippen molar-refractivity contribution in [1.82, 2.24) is 9.97 Å². The molecule has 2 rings (SSSR count). The van der Waals surface area contributed by atoms with Crippen molar-refractivity contribution in [3.05, 3.63) is 11.9 Å². The fourth-order valence-corrected chi connectivity index (χ4v) is 3.25. The topological polar surface area (TPSA) is 41.1 Å². The smallest absolute Gasteiger partial charge is 0.137 e. The zero-order chi connectivity index (χ0) is 15.2. The predicted octanol–water partition coefficient (Wildman–Crippen LogP) is 3.88. The fraction of sp³-hybridized carbons (Fsp3) is 0.765. The molecule has 4 nitrogen and oxygen atoms in total. The first-order valence-corrected chi connectivity index (χ1v) is 8.51. The number of hydrogen-bond donors (Lipinski definition) is 1. The molecule has 4 heteroatoms. The van der Waals surface area contributed by atoms with E-state index in [0.717, 1.165) is 49.9 Å². The van der Waals surface area contributed by atoms with Gasteiger partial charge in [0.05, 0.1) is 0 Å². The molecule has 1 aromatic heterocycles. The molecule has 0 bridgehead atoms. The first kappa shape index (κ1) is 16.1. The Morgan fingerprint density at radius 3 is 2.71 bits per heavy atom. The predicted molar refractivity (Wildman–Crippen MR) is 90.0 cm³/mol. The van der Waals surface area contributed by atoms with Crippen molar-refractivity contribution in [3.63, 3.8) is 0 Å². The molecule has 1 aliphatic heterocycles. The molecule has 0 spiro atoms. The van der Waals surface area contributed by atoms with Crippen LogP contribution < -0.4 is 10.2 Å². The molecule has 2 atom stereocenters. The van der Waals surface area contributed by atoms with Crippen LogP contribution >= 0.6 is 0 Å². The molecule has 1 aromatic rings. The minimum Gasteiger partial charge on any atom is -0.370 e. The third kappa shape index (κ3) is 3.86. The molecule has 1 N–H and O–H groups in total. The van der Waals surface area contributed by atoms with Crippen molar-refractivity contribution in [3.8, 4) is 0 Å². The van der Waals surface area contributed by atoms with E-state index in [2.05, 4.69) is 47.9 Å². The molecule has 2 unspecified atom stereocenters. The highest BCUT2D eigenvalue weighted by molar-refractivity contribution is 5.59. The maximum absolute atomic E-state index is 4.64. The van der Waals surface area contributed by atoms with E-state index in [4.69, 9.17) is 0 Å². The molecule has 1 aliphatic rings. The lowest BCUT2D eigenvalue weighted by Crippen LogP contribution is -2.41. The van der Waals surface area contributed by atoms with Gasteiger partial charge in [-0.1, -0.05) is 27.2 Å². The summed E-state index contributed by atoms with van der Waals surface area (Å²) in [7, 11) is 0. The lowest BCUT2D eigenvalue weighted by Gasteiger charge is -2.38. The van der Waals surface area contributed by atoms with E-state index in [1.54, 1.807) is 6.33 Å². The second kappa shape index (κ2) is 7.62. The molecule has 0 amide bonds. The van der Waals surface area contributed by atoms with Crippen LogP contribution in [0.2, 0.25) is 0 Å². The van der Waals surface area contributed by atoms with Crippen LogP contribution in [-0.4, -0.2) is 29.1 Å². The molecule has 0 aromatic carbocycles. The highest BCUT2D eigenvalue weighted by atomic mass is 15.2. The second-order valence-corrected chi connectivity index (χ2v) is 6.37. The van der Waals surface area contributed by atoms with Gasteiger partial charge in [0.25, 0.3) is 0 Å². The Morgan fingerprint density at radius 1 is 1.24 bits per heavy atom. The average Bonchev–Trinajstić information content (AvgIpc) is 2.47. The molecule has 21 heavy (non-hydrogen) atoms. The first-order valence-electron chi connectivity index (χ1n) is 8.51. The molecular formula is C17H30N4. The zero-order valence-corrected chi connectivity index (χ0v) is 14.0. The molecule has 2 heterocycles. The number of anilines is 2. The number of piperidine rings is 1. The van der Waals surface area contributed by atoms with Gasteiger partial charge < -0.3 is 10.2 Å². The number of nitrogens with zero attached hydrogens (tertiary/aromatic N) is 3. The summed E-state index contributed by atoms with van der Waals surface area (Å²) in [6, 6.07) is 0.568. The van der Waals surface area contributed by atoms with Crippen LogP contribution in [0.3, 0.4) is 0 Å². The zero-order valence-electron chi connectivity index (χ0n) is 14.0. The SMILES string of the molecule is CCCNc1ncnc(N2CCC(C)CC2C)c1CCC. The van der Waals surface area contributed by atoms with Crippen molar-refractivity contribution in [2.45, 2.75) is 65.8 Å². The van der Waals surface area contributed by atoms with Crippen LogP contribution in [0.15, 0.2) is 6.33 Å². The minimum atomic E-state index is 0.568. The maximum Gasteiger partial charge on any atom is 0.137 e. The molecular weight excluding hydrogens is 260 g/mol. The molecule has 0 aliphatic carbocycles. The highest BCUT2D eigenvalue weighted by Crippen LogP contribution is 2.31. The lowest BCUT2D eigenvalue weighted by atomic mass is 9.93. The van der Waals surface area contributed by atoms with E-state index in [0.29, 0.717) is 6.04 Å². The van der Waals surface area contributed by atoms with Crippen LogP contribution in [0.5, 0.6) is 0 Å². The van der Waals surface area contributed by atoms with Crippen molar-refractivity contribution in [1.29, 1.82) is 0 Å². The van der Waals surface area contributed by atoms with E-state index < -0.39 is 0 Å². The highest BCUT2D eigenvalue weighted by Gasteiger charge is 2.26. The van der Waals surface area contributed by atoms with Crippen molar-refractivity contribution in [2.24, 2.45) is 5.92 Å². The van der Waals surface area contributed by atoms with Gasteiger partial charge >= 0.3 is 0 Å². The summed E-state index contributed by atoms with van der Waals surface area (Å²) in [6.45, 7) is 11.2. The summed E-state index contributed by atoms with van der Waals surface area (Å²) in [5.41, 5.74) is 1.30. The van der Waals surface area contributed by atoms with Crippen LogP contribution in [-0.2, 0) is 6.42 Å². The van der Waals surface area contributed by atoms with Crippen molar-refractivity contribution in [2.75, 3.05) is 23.3 Å². The summed E-state index contributed by atoms with van der Waals surface area (Å²) >= 11 is 0. The Hall–Kier alpha value is -1.32. The van der Waals surface area contributed by atoms with Gasteiger partial charge in [0.15, 0.2) is 0 Å². The number of rotatable bonds is 6. The summed E-state index contributed by atoms with van der Waals surface area (Å²) in [5, 5.41) is 3.47. The third-order valence-corrected chi connectivity index (χ3v) is 4.38. The van der Waals surface area contributed by atoms with Gasteiger partial charge in [0, 0.05) is 24.7 Å². The van der Waals surface area contributed by atoms with Crippen LogP contribution in [0.25, 0.3) is 0 Å². The van der Waals surface area contributed by atoms with Gasteiger partial charge in [-0.25, -0.2) is 9.97 Å². The number of nitrogens with one attached hydrogen (secondary N) is 1. The summed E-state index contributed by atoms with van der Waals surface area (Å²) in [6.07, 6.45) is 7.52. The molecule has 118 valence electrons. The van der Waals surface area contributed by atoms with Gasteiger partial charge in [0.1, 0.15) is 18.0 Å². The number of aromatic nitrogens is 2. The van der Waals surface area contributed by atoms with Gasteiger partial charge in [0.2, 0.25) is 0 Å². The Labute approximate surface area is 129 Å². The fourth-order valence-electron chi connectivity index (χ4n) is 3.25. The van der Waals surface area contributed by atoms with E-state index in [9.17, 15) is 0 Å². The first-order chi connectivity index (χ1) is 10.2. The second-order valence-electron chi connectivity index (χ2n) is 6.37. The minimum absolute atomic E-state index is 0.568. The normalized spacial score (nSPS) is 22.4. The van der Waals surface area contributed by atoms with Gasteiger partial charge in [-0.2, -0.15) is 0 Å². The van der Waals surface area contributed by atoms with Crippen molar-refractivity contribution < 1.29 is 0 Å². The maximum atomic E-state index is 4.64. The average molecular weight is 290 g/mol. The summed E-state index contributed by atoms with van der Waals surface area (Å²) in [5.74, 6) is 3.02. The van der Waals surface area contributed by atoms with Gasteiger partial charge in [-0.15, -0.1) is 0 Å². The van der Waals surface area contributed by atoms with Gasteiger partial charge in [-0.3, -0.25) is 0 Å². The van der Waals surface area contributed by atoms with E-state index in [-0.39, 0.29) is 0 Å². The van der Waals surface area contributed by atoms with Crippen LogP contribution in [0.1, 0.15) is 58.9 Å². The van der Waals surface area contributed by atoms with Crippen molar-refractivity contribution >= 4 is 11.6 Å². The van der Waals surface area contributed by atoms with E-state index in [1.807, 2.05) is 0 Å². The van der Waals surface area contributed by atoms with Crippen LogP contribution in [0.4, 0.5) is 11.6 Å². The van der Waals surface area contributed by atoms with E-state index >= 15 is 0 Å². The van der Waals surface area contributed by atoms with Crippen LogP contribution in [0, 0.1) is 5.92 Å². The Balaban J connectivity index is 2.28.